The van der Waals surface area contributed by atoms with Crippen molar-refractivity contribution in [1.29, 1.82) is 0 Å². The van der Waals surface area contributed by atoms with Crippen molar-refractivity contribution >= 4 is 12.4 Å². The summed E-state index contributed by atoms with van der Waals surface area (Å²) in [7, 11) is 0. The van der Waals surface area contributed by atoms with Crippen LogP contribution in [-0.4, -0.2) is 22.8 Å². The van der Waals surface area contributed by atoms with Crippen molar-refractivity contribution in [1.82, 2.24) is 0 Å². The van der Waals surface area contributed by atoms with Crippen LogP contribution in [0, 0.1) is 0 Å². The zero-order valence-electron chi connectivity index (χ0n) is 14.2. The van der Waals surface area contributed by atoms with Gasteiger partial charge in [0.05, 0.1) is 23.6 Å². The standard InChI is InChI=1S/C20H18N4O2/c25-21-11-19-6-2-8-23(15-19)13-17-4-1-5-18(10-17)14-24-9-3-7-20(16-24)12-22-26/h1-12,15-16H,13-14H2/p+2/b21-11+,22-12+. The molecule has 2 heterocycles. The normalized spacial score (nSPS) is 11.4. The number of hydrogen-bond acceptors (Lipinski definition) is 4. The third kappa shape index (κ3) is 4.73. The molecule has 0 aliphatic rings. The average molecular weight is 348 g/mol. The fourth-order valence-corrected chi connectivity index (χ4v) is 2.82. The molecule has 3 aromatic rings. The Kier molecular flexibility index (Phi) is 5.67. The molecule has 0 atom stereocenters. The zero-order valence-corrected chi connectivity index (χ0v) is 14.2. The summed E-state index contributed by atoms with van der Waals surface area (Å²) in [5, 5.41) is 23.5. The third-order valence-electron chi connectivity index (χ3n) is 3.90. The summed E-state index contributed by atoms with van der Waals surface area (Å²) in [5.74, 6) is 0. The van der Waals surface area contributed by atoms with E-state index in [9.17, 15) is 0 Å². The lowest BCUT2D eigenvalue weighted by Crippen LogP contribution is -2.35. The Balaban J connectivity index is 1.76. The van der Waals surface area contributed by atoms with Gasteiger partial charge in [0.1, 0.15) is 0 Å². The predicted octanol–water partition coefficient (Wildman–Crippen LogP) is 1.97. The molecule has 0 fully saturated rings. The number of benzene rings is 1. The van der Waals surface area contributed by atoms with Crippen molar-refractivity contribution in [3.8, 4) is 0 Å². The van der Waals surface area contributed by atoms with Crippen LogP contribution in [0.3, 0.4) is 0 Å². The quantitative estimate of drug-likeness (QED) is 0.309. The largest absolute Gasteiger partial charge is 0.411 e. The molecule has 0 radical (unpaired) electrons. The molecule has 0 saturated carbocycles. The molecule has 6 heteroatoms. The van der Waals surface area contributed by atoms with Crippen molar-refractivity contribution < 1.29 is 19.5 Å². The maximum absolute atomic E-state index is 8.67. The first kappa shape index (κ1) is 17.3. The van der Waals surface area contributed by atoms with Crippen LogP contribution in [0.15, 0.2) is 83.6 Å². The highest BCUT2D eigenvalue weighted by molar-refractivity contribution is 5.78. The molecule has 0 amide bonds. The zero-order chi connectivity index (χ0) is 18.2. The van der Waals surface area contributed by atoms with Crippen LogP contribution in [0.5, 0.6) is 0 Å². The maximum atomic E-state index is 8.67. The van der Waals surface area contributed by atoms with Crippen molar-refractivity contribution in [2.24, 2.45) is 10.3 Å². The first-order valence-corrected chi connectivity index (χ1v) is 8.18. The van der Waals surface area contributed by atoms with E-state index in [4.69, 9.17) is 10.4 Å². The smallest absolute Gasteiger partial charge is 0.178 e. The van der Waals surface area contributed by atoms with E-state index in [1.54, 1.807) is 0 Å². The summed E-state index contributed by atoms with van der Waals surface area (Å²) in [6, 6.07) is 16.0. The van der Waals surface area contributed by atoms with Crippen LogP contribution in [-0.2, 0) is 13.1 Å². The number of nitrogens with zero attached hydrogens (tertiary/aromatic N) is 4. The Labute approximate surface area is 151 Å². The molecule has 2 N–H and O–H groups in total. The van der Waals surface area contributed by atoms with E-state index < -0.39 is 0 Å². The monoisotopic (exact) mass is 348 g/mol. The van der Waals surface area contributed by atoms with Gasteiger partial charge in [0.2, 0.25) is 0 Å². The van der Waals surface area contributed by atoms with E-state index in [1.165, 1.54) is 23.6 Å². The molecule has 26 heavy (non-hydrogen) atoms. The molecule has 3 rings (SSSR count). The number of hydrogen-bond donors (Lipinski definition) is 2. The minimum absolute atomic E-state index is 0.725. The van der Waals surface area contributed by atoms with Crippen LogP contribution in [0.2, 0.25) is 0 Å². The minimum Gasteiger partial charge on any atom is -0.411 e. The lowest BCUT2D eigenvalue weighted by atomic mass is 10.1. The van der Waals surface area contributed by atoms with Gasteiger partial charge in [-0.1, -0.05) is 28.5 Å². The van der Waals surface area contributed by atoms with Crippen LogP contribution >= 0.6 is 0 Å². The molecule has 130 valence electrons. The van der Waals surface area contributed by atoms with Crippen molar-refractivity contribution in [2.75, 3.05) is 0 Å². The molecule has 0 aliphatic heterocycles. The number of pyridine rings is 2. The minimum atomic E-state index is 0.725. The first-order valence-electron chi connectivity index (χ1n) is 8.18. The van der Waals surface area contributed by atoms with Gasteiger partial charge in [0.25, 0.3) is 0 Å². The second-order valence-corrected chi connectivity index (χ2v) is 5.93. The molecule has 0 aliphatic carbocycles. The Hall–Kier alpha value is -3.54. The summed E-state index contributed by atoms with van der Waals surface area (Å²) < 4.78 is 4.09. The van der Waals surface area contributed by atoms with Gasteiger partial charge in [-0.3, -0.25) is 0 Å². The maximum Gasteiger partial charge on any atom is 0.178 e. The lowest BCUT2D eigenvalue weighted by Gasteiger charge is -2.02. The Bertz CT molecular complexity index is 866. The van der Waals surface area contributed by atoms with E-state index in [0.29, 0.717) is 0 Å². The van der Waals surface area contributed by atoms with Crippen molar-refractivity contribution in [2.45, 2.75) is 13.1 Å². The topological polar surface area (TPSA) is 72.9 Å². The fraction of sp³-hybridized carbons (Fsp3) is 0.100. The summed E-state index contributed by atoms with van der Waals surface area (Å²) in [4.78, 5) is 0. The number of oxime groups is 2. The van der Waals surface area contributed by atoms with Crippen molar-refractivity contribution in [3.63, 3.8) is 0 Å². The highest BCUT2D eigenvalue weighted by atomic mass is 16.4. The molecular formula is C20H20N4O2+2. The first-order chi connectivity index (χ1) is 12.8. The molecule has 6 nitrogen and oxygen atoms in total. The van der Waals surface area contributed by atoms with E-state index >= 15 is 0 Å². The Morgan fingerprint density at radius 1 is 0.731 bits per heavy atom. The van der Waals surface area contributed by atoms with Gasteiger partial charge in [-0.2, -0.15) is 0 Å². The molecule has 0 spiro atoms. The summed E-state index contributed by atoms with van der Waals surface area (Å²) in [5.41, 5.74) is 4.03. The van der Waals surface area contributed by atoms with E-state index in [2.05, 4.69) is 28.5 Å². The summed E-state index contributed by atoms with van der Waals surface area (Å²) >= 11 is 0. The predicted molar refractivity (Wildman–Crippen MR) is 96.7 cm³/mol. The van der Waals surface area contributed by atoms with Gasteiger partial charge in [-0.15, -0.1) is 0 Å². The second kappa shape index (κ2) is 8.53. The van der Waals surface area contributed by atoms with Crippen LogP contribution in [0.25, 0.3) is 0 Å². The SMILES string of the molecule is O/N=C/c1ccc[n+](Cc2cccc(C[n+]3cccc(/C=N/O)c3)c2)c1. The van der Waals surface area contributed by atoms with Gasteiger partial charge < -0.3 is 10.4 Å². The van der Waals surface area contributed by atoms with Gasteiger partial charge in [-0.25, -0.2) is 9.13 Å². The van der Waals surface area contributed by atoms with Crippen LogP contribution < -0.4 is 9.13 Å². The molecular weight excluding hydrogens is 328 g/mol. The summed E-state index contributed by atoms with van der Waals surface area (Å²) in [6.45, 7) is 1.45. The molecule has 0 bridgehead atoms. The van der Waals surface area contributed by atoms with Crippen molar-refractivity contribution in [3.05, 3.63) is 95.6 Å². The lowest BCUT2D eigenvalue weighted by molar-refractivity contribution is -0.689. The Morgan fingerprint density at radius 3 is 1.69 bits per heavy atom. The highest BCUT2D eigenvalue weighted by Gasteiger charge is 2.08. The summed E-state index contributed by atoms with van der Waals surface area (Å²) in [6.07, 6.45) is 10.6. The third-order valence-corrected chi connectivity index (χ3v) is 3.90. The highest BCUT2D eigenvalue weighted by Crippen LogP contribution is 2.05. The van der Waals surface area contributed by atoms with Crippen LogP contribution in [0.4, 0.5) is 0 Å². The number of aromatic nitrogens is 2. The van der Waals surface area contributed by atoms with E-state index in [1.807, 2.05) is 64.3 Å². The van der Waals surface area contributed by atoms with Gasteiger partial charge in [0.15, 0.2) is 37.9 Å². The molecule has 0 saturated heterocycles. The van der Waals surface area contributed by atoms with Gasteiger partial charge in [0, 0.05) is 23.3 Å². The fourth-order valence-electron chi connectivity index (χ4n) is 2.82. The van der Waals surface area contributed by atoms with Crippen LogP contribution in [0.1, 0.15) is 22.3 Å². The Morgan fingerprint density at radius 2 is 1.23 bits per heavy atom. The molecule has 0 unspecified atom stereocenters. The van der Waals surface area contributed by atoms with E-state index in [-0.39, 0.29) is 0 Å². The average Bonchev–Trinajstić information content (AvgIpc) is 2.63. The van der Waals surface area contributed by atoms with E-state index in [0.717, 1.165) is 24.2 Å². The molecule has 2 aromatic heterocycles. The second-order valence-electron chi connectivity index (χ2n) is 5.93. The van der Waals surface area contributed by atoms with Gasteiger partial charge >= 0.3 is 0 Å². The van der Waals surface area contributed by atoms with Gasteiger partial charge in [-0.05, 0) is 18.2 Å². The molecule has 1 aromatic carbocycles. The number of rotatable bonds is 6.